The van der Waals surface area contributed by atoms with E-state index < -0.39 is 5.92 Å². The number of nitrogens with zero attached hydrogens (tertiary/aromatic N) is 5. The fraction of sp³-hybridized carbons (Fsp3) is 0.269. The van der Waals surface area contributed by atoms with Crippen LogP contribution in [-0.4, -0.2) is 51.3 Å². The van der Waals surface area contributed by atoms with E-state index in [-0.39, 0.29) is 23.8 Å². The van der Waals surface area contributed by atoms with Gasteiger partial charge in [-0.3, -0.25) is 19.0 Å². The number of fused-ring (bicyclic) bond motifs is 1. The number of hydrogen-bond donors (Lipinski definition) is 1. The third kappa shape index (κ3) is 4.70. The van der Waals surface area contributed by atoms with Crippen LogP contribution >= 0.6 is 0 Å². The Morgan fingerprint density at radius 2 is 1.97 bits per heavy atom. The lowest BCUT2D eigenvalue weighted by Gasteiger charge is -2.17. The summed E-state index contributed by atoms with van der Waals surface area (Å²) in [4.78, 5) is 44.2. The van der Waals surface area contributed by atoms with Crippen molar-refractivity contribution in [2.75, 3.05) is 25.1 Å². The molecule has 0 saturated carbocycles. The molecule has 1 aliphatic rings. The van der Waals surface area contributed by atoms with E-state index in [9.17, 15) is 14.4 Å². The second-order valence-corrected chi connectivity index (χ2v) is 8.67. The van der Waals surface area contributed by atoms with Crippen LogP contribution in [-0.2, 0) is 22.7 Å². The zero-order chi connectivity index (χ0) is 25.1. The summed E-state index contributed by atoms with van der Waals surface area (Å²) in [5.74, 6) is -0.0812. The fourth-order valence-corrected chi connectivity index (χ4v) is 4.39. The van der Waals surface area contributed by atoms with E-state index in [1.165, 1.54) is 12.5 Å². The van der Waals surface area contributed by atoms with Crippen molar-refractivity contribution in [3.05, 3.63) is 83.0 Å². The van der Waals surface area contributed by atoms with Gasteiger partial charge < -0.3 is 15.0 Å². The van der Waals surface area contributed by atoms with E-state index >= 15 is 0 Å². The lowest BCUT2D eigenvalue weighted by molar-refractivity contribution is -0.126. The predicted molar refractivity (Wildman–Crippen MR) is 134 cm³/mol. The minimum absolute atomic E-state index is 0.0996. The van der Waals surface area contributed by atoms with Crippen LogP contribution in [0.1, 0.15) is 12.0 Å². The summed E-state index contributed by atoms with van der Waals surface area (Å²) in [6.45, 7) is 1.39. The van der Waals surface area contributed by atoms with Crippen LogP contribution < -0.4 is 20.5 Å². The topological polar surface area (TPSA) is 111 Å². The van der Waals surface area contributed by atoms with Crippen molar-refractivity contribution in [1.82, 2.24) is 24.6 Å². The lowest BCUT2D eigenvalue weighted by atomic mass is 10.1. The molecule has 10 nitrogen and oxygen atoms in total. The third-order valence-electron chi connectivity index (χ3n) is 6.30. The molecule has 3 heterocycles. The van der Waals surface area contributed by atoms with Gasteiger partial charge in [-0.1, -0.05) is 36.4 Å². The number of methoxy groups -OCH3 is 1. The van der Waals surface area contributed by atoms with Crippen LogP contribution in [0, 0.1) is 5.92 Å². The second-order valence-electron chi connectivity index (χ2n) is 8.67. The number of amides is 2. The Morgan fingerprint density at radius 1 is 1.14 bits per heavy atom. The first-order valence-corrected chi connectivity index (χ1v) is 11.7. The van der Waals surface area contributed by atoms with E-state index in [2.05, 4.69) is 15.4 Å². The molecule has 1 N–H and O–H groups in total. The Morgan fingerprint density at radius 3 is 2.78 bits per heavy atom. The summed E-state index contributed by atoms with van der Waals surface area (Å²) in [5.41, 5.74) is 2.02. The molecule has 36 heavy (non-hydrogen) atoms. The van der Waals surface area contributed by atoms with Crippen molar-refractivity contribution < 1.29 is 14.3 Å². The first-order valence-electron chi connectivity index (χ1n) is 11.7. The molecule has 1 atom stereocenters. The van der Waals surface area contributed by atoms with Crippen molar-refractivity contribution in [1.29, 1.82) is 0 Å². The molecule has 0 spiro atoms. The van der Waals surface area contributed by atoms with Gasteiger partial charge in [0.05, 0.1) is 32.3 Å². The fourth-order valence-electron chi connectivity index (χ4n) is 4.39. The summed E-state index contributed by atoms with van der Waals surface area (Å²) in [6, 6.07) is 16.9. The number of carbonyl (C=O) groups excluding carboxylic acids is 2. The first kappa shape index (κ1) is 23.3. The van der Waals surface area contributed by atoms with E-state index in [0.717, 1.165) is 5.56 Å². The molecule has 1 aliphatic heterocycles. The highest BCUT2D eigenvalue weighted by Gasteiger charge is 2.35. The molecule has 5 rings (SSSR count). The molecule has 2 aromatic heterocycles. The zero-order valence-corrected chi connectivity index (χ0v) is 19.8. The molecule has 1 saturated heterocycles. The van der Waals surface area contributed by atoms with Crippen molar-refractivity contribution in [2.45, 2.75) is 19.5 Å². The SMILES string of the molecule is COc1cccc(N2CC(C(=O)NCCn3ncc4c(=O)n(Cc5ccccc5)cnc43)CC2=O)c1. The number of aromatic nitrogens is 4. The van der Waals surface area contributed by atoms with Gasteiger partial charge in [-0.15, -0.1) is 0 Å². The highest BCUT2D eigenvalue weighted by Crippen LogP contribution is 2.28. The Bertz CT molecular complexity index is 1460. The summed E-state index contributed by atoms with van der Waals surface area (Å²) >= 11 is 0. The van der Waals surface area contributed by atoms with Crippen molar-refractivity contribution in [2.24, 2.45) is 5.92 Å². The maximum atomic E-state index is 12.9. The van der Waals surface area contributed by atoms with Gasteiger partial charge in [-0.2, -0.15) is 5.10 Å². The molecule has 1 unspecified atom stereocenters. The molecule has 4 aromatic rings. The average Bonchev–Trinajstić information content (AvgIpc) is 3.50. The molecular weight excluding hydrogens is 460 g/mol. The maximum Gasteiger partial charge on any atom is 0.264 e. The number of anilines is 1. The average molecular weight is 487 g/mol. The number of rotatable bonds is 8. The van der Waals surface area contributed by atoms with Crippen LogP contribution in [0.15, 0.2) is 71.9 Å². The van der Waals surface area contributed by atoms with Gasteiger partial charge in [-0.25, -0.2) is 9.67 Å². The Hall–Kier alpha value is -4.47. The summed E-state index contributed by atoms with van der Waals surface area (Å²) in [6.07, 6.45) is 3.18. The van der Waals surface area contributed by atoms with Crippen LogP contribution in [0.4, 0.5) is 5.69 Å². The number of carbonyl (C=O) groups is 2. The van der Waals surface area contributed by atoms with Crippen molar-refractivity contribution in [3.8, 4) is 5.75 Å². The number of benzene rings is 2. The number of nitrogens with one attached hydrogen (secondary N) is 1. The van der Waals surface area contributed by atoms with Gasteiger partial charge in [0.15, 0.2) is 5.65 Å². The third-order valence-corrected chi connectivity index (χ3v) is 6.30. The summed E-state index contributed by atoms with van der Waals surface area (Å²) in [5, 5.41) is 7.61. The standard InChI is InChI=1S/C26H26N6O4/c1-36-21-9-5-8-20(13-21)31-16-19(12-23(31)33)25(34)27-10-11-32-24-22(14-29-32)26(35)30(17-28-24)15-18-6-3-2-4-7-18/h2-9,13-14,17,19H,10-12,15-16H2,1H3,(H,27,34). The molecule has 0 aliphatic carbocycles. The predicted octanol–water partition coefficient (Wildman–Crippen LogP) is 1.82. The highest BCUT2D eigenvalue weighted by atomic mass is 16.5. The van der Waals surface area contributed by atoms with E-state index in [0.29, 0.717) is 48.6 Å². The molecule has 2 amide bonds. The lowest BCUT2D eigenvalue weighted by Crippen LogP contribution is -2.35. The van der Waals surface area contributed by atoms with Crippen LogP contribution in [0.3, 0.4) is 0 Å². The summed E-state index contributed by atoms with van der Waals surface area (Å²) < 4.78 is 8.39. The molecule has 2 aromatic carbocycles. The highest BCUT2D eigenvalue weighted by molar-refractivity contribution is 6.00. The molecule has 0 radical (unpaired) electrons. The van der Waals surface area contributed by atoms with Crippen LogP contribution in [0.2, 0.25) is 0 Å². The van der Waals surface area contributed by atoms with Crippen LogP contribution in [0.5, 0.6) is 5.75 Å². The number of hydrogen-bond acceptors (Lipinski definition) is 6. The Kier molecular flexibility index (Phi) is 6.48. The van der Waals surface area contributed by atoms with Crippen LogP contribution in [0.25, 0.3) is 11.0 Å². The van der Waals surface area contributed by atoms with Gasteiger partial charge in [0, 0.05) is 31.3 Å². The van der Waals surface area contributed by atoms with Gasteiger partial charge >= 0.3 is 0 Å². The minimum Gasteiger partial charge on any atom is -0.497 e. The Balaban J connectivity index is 1.19. The van der Waals surface area contributed by atoms with Gasteiger partial charge in [0.25, 0.3) is 5.56 Å². The van der Waals surface area contributed by atoms with Gasteiger partial charge in [0.1, 0.15) is 17.5 Å². The van der Waals surface area contributed by atoms with Crippen molar-refractivity contribution >= 4 is 28.5 Å². The van der Waals surface area contributed by atoms with Crippen molar-refractivity contribution in [3.63, 3.8) is 0 Å². The molecule has 0 bridgehead atoms. The van der Waals surface area contributed by atoms with E-state index in [4.69, 9.17) is 4.74 Å². The molecule has 1 fully saturated rings. The first-order chi connectivity index (χ1) is 17.5. The van der Waals surface area contributed by atoms with Gasteiger partial charge in [-0.05, 0) is 17.7 Å². The molecule has 10 heteroatoms. The largest absolute Gasteiger partial charge is 0.497 e. The van der Waals surface area contributed by atoms with Gasteiger partial charge in [0.2, 0.25) is 11.8 Å². The monoisotopic (exact) mass is 486 g/mol. The molecular formula is C26H26N6O4. The normalized spacial score (nSPS) is 15.4. The molecule has 184 valence electrons. The van der Waals surface area contributed by atoms with E-state index in [1.54, 1.807) is 33.4 Å². The quantitative estimate of drug-likeness (QED) is 0.407. The minimum atomic E-state index is -0.443. The Labute approximate surface area is 207 Å². The second kappa shape index (κ2) is 10.0. The smallest absolute Gasteiger partial charge is 0.264 e. The van der Waals surface area contributed by atoms with E-state index in [1.807, 2.05) is 42.5 Å². The maximum absolute atomic E-state index is 12.9. The number of ether oxygens (including phenoxy) is 1. The summed E-state index contributed by atoms with van der Waals surface area (Å²) in [7, 11) is 1.57. The zero-order valence-electron chi connectivity index (χ0n) is 19.8.